The number of phenols is 1. The first-order valence-electron chi connectivity index (χ1n) is 7.27. The van der Waals surface area contributed by atoms with Crippen molar-refractivity contribution in [3.63, 3.8) is 0 Å². The van der Waals surface area contributed by atoms with Crippen LogP contribution in [0.15, 0.2) is 34.2 Å². The highest BCUT2D eigenvalue weighted by Crippen LogP contribution is 2.36. The Hall–Kier alpha value is -2.82. The Kier molecular flexibility index (Phi) is 5.03. The van der Waals surface area contributed by atoms with Crippen molar-refractivity contribution in [2.45, 2.75) is 6.92 Å². The summed E-state index contributed by atoms with van der Waals surface area (Å²) < 4.78 is 10.5. The fourth-order valence-electron chi connectivity index (χ4n) is 2.09. The average molecular weight is 374 g/mol. The van der Waals surface area contributed by atoms with E-state index in [2.05, 4.69) is 10.1 Å². The SMILES string of the molecule is CCOc1cc(/C=C(\C#N)c2nc(-c3cccs3)no2)cc(Cl)c1O. The Bertz CT molecular complexity index is 958. The molecule has 0 bridgehead atoms. The molecule has 1 aromatic carbocycles. The van der Waals surface area contributed by atoms with E-state index in [4.69, 9.17) is 20.9 Å². The minimum Gasteiger partial charge on any atom is -0.503 e. The molecule has 25 heavy (non-hydrogen) atoms. The molecule has 0 amide bonds. The van der Waals surface area contributed by atoms with Gasteiger partial charge in [-0.05, 0) is 42.1 Å². The van der Waals surface area contributed by atoms with Gasteiger partial charge in [0, 0.05) is 0 Å². The van der Waals surface area contributed by atoms with Crippen molar-refractivity contribution >= 4 is 34.6 Å². The molecule has 0 atom stereocenters. The van der Waals surface area contributed by atoms with Crippen molar-refractivity contribution in [2.75, 3.05) is 6.61 Å². The summed E-state index contributed by atoms with van der Waals surface area (Å²) >= 11 is 7.48. The van der Waals surface area contributed by atoms with E-state index in [0.29, 0.717) is 18.0 Å². The number of aromatic nitrogens is 2. The van der Waals surface area contributed by atoms with E-state index in [-0.39, 0.29) is 28.0 Å². The van der Waals surface area contributed by atoms with Crippen LogP contribution < -0.4 is 4.74 Å². The third-order valence-electron chi connectivity index (χ3n) is 3.18. The van der Waals surface area contributed by atoms with Gasteiger partial charge >= 0.3 is 0 Å². The summed E-state index contributed by atoms with van der Waals surface area (Å²) in [6.07, 6.45) is 1.54. The number of ether oxygens (including phenoxy) is 1. The first-order chi connectivity index (χ1) is 12.1. The Morgan fingerprint density at radius 3 is 3.04 bits per heavy atom. The van der Waals surface area contributed by atoms with Gasteiger partial charge in [-0.15, -0.1) is 11.3 Å². The van der Waals surface area contributed by atoms with Gasteiger partial charge in [-0.1, -0.05) is 22.8 Å². The molecule has 0 saturated heterocycles. The minimum absolute atomic E-state index is 0.105. The molecule has 0 fully saturated rings. The highest BCUT2D eigenvalue weighted by atomic mass is 35.5. The number of rotatable bonds is 5. The molecule has 1 N–H and O–H groups in total. The van der Waals surface area contributed by atoms with Gasteiger partial charge in [0.25, 0.3) is 5.89 Å². The number of phenolic OH excluding ortho intramolecular Hbond substituents is 1. The van der Waals surface area contributed by atoms with Gasteiger partial charge in [0.2, 0.25) is 5.82 Å². The van der Waals surface area contributed by atoms with Crippen molar-refractivity contribution in [1.82, 2.24) is 10.1 Å². The first-order valence-corrected chi connectivity index (χ1v) is 8.53. The molecule has 3 aromatic rings. The lowest BCUT2D eigenvalue weighted by molar-refractivity contribution is 0.318. The molecular weight excluding hydrogens is 362 g/mol. The maximum atomic E-state index is 9.89. The molecule has 126 valence electrons. The Balaban J connectivity index is 1.97. The molecular formula is C17H12ClN3O3S. The summed E-state index contributed by atoms with van der Waals surface area (Å²) in [5, 5.41) is 25.2. The third-order valence-corrected chi connectivity index (χ3v) is 4.33. The zero-order valence-electron chi connectivity index (χ0n) is 13.1. The minimum atomic E-state index is -0.142. The molecule has 0 spiro atoms. The van der Waals surface area contributed by atoms with Crippen LogP contribution in [0.25, 0.3) is 22.4 Å². The fourth-order valence-corrected chi connectivity index (χ4v) is 2.96. The summed E-state index contributed by atoms with van der Waals surface area (Å²) in [6, 6.07) is 8.88. The van der Waals surface area contributed by atoms with Gasteiger partial charge in [0.1, 0.15) is 11.6 Å². The van der Waals surface area contributed by atoms with Crippen LogP contribution in [0.1, 0.15) is 18.4 Å². The third kappa shape index (κ3) is 3.65. The van der Waals surface area contributed by atoms with Crippen molar-refractivity contribution < 1.29 is 14.4 Å². The van der Waals surface area contributed by atoms with Crippen LogP contribution in [0.4, 0.5) is 0 Å². The van der Waals surface area contributed by atoms with E-state index in [1.807, 2.05) is 23.6 Å². The fraction of sp³-hybridized carbons (Fsp3) is 0.118. The number of benzene rings is 1. The predicted molar refractivity (Wildman–Crippen MR) is 95.4 cm³/mol. The monoisotopic (exact) mass is 373 g/mol. The summed E-state index contributed by atoms with van der Waals surface area (Å²) in [7, 11) is 0. The van der Waals surface area contributed by atoms with Crippen molar-refractivity contribution in [3.8, 4) is 28.3 Å². The van der Waals surface area contributed by atoms with Crippen molar-refractivity contribution in [3.05, 3.63) is 46.1 Å². The molecule has 6 nitrogen and oxygen atoms in total. The lowest BCUT2D eigenvalue weighted by atomic mass is 10.1. The maximum Gasteiger partial charge on any atom is 0.268 e. The number of nitriles is 1. The van der Waals surface area contributed by atoms with Crippen molar-refractivity contribution in [1.29, 1.82) is 5.26 Å². The van der Waals surface area contributed by atoms with E-state index in [9.17, 15) is 10.4 Å². The average Bonchev–Trinajstić information content (AvgIpc) is 3.28. The molecule has 0 unspecified atom stereocenters. The highest BCUT2D eigenvalue weighted by molar-refractivity contribution is 7.13. The molecule has 3 rings (SSSR count). The Labute approximate surface area is 152 Å². The molecule has 2 heterocycles. The molecule has 0 radical (unpaired) electrons. The number of hydrogen-bond acceptors (Lipinski definition) is 7. The van der Waals surface area contributed by atoms with Gasteiger partial charge in [-0.2, -0.15) is 10.2 Å². The Morgan fingerprint density at radius 1 is 1.52 bits per heavy atom. The quantitative estimate of drug-likeness (QED) is 0.656. The molecule has 0 saturated carbocycles. The first kappa shape index (κ1) is 17.0. The summed E-state index contributed by atoms with van der Waals surface area (Å²) in [5.41, 5.74) is 0.748. The smallest absolute Gasteiger partial charge is 0.268 e. The van der Waals surface area contributed by atoms with Gasteiger partial charge in [0.05, 0.1) is 16.5 Å². The number of hydrogen-bond donors (Lipinski definition) is 1. The van der Waals surface area contributed by atoms with Crippen LogP contribution in [0.2, 0.25) is 5.02 Å². The van der Waals surface area contributed by atoms with Crippen LogP contribution in [0, 0.1) is 11.3 Å². The van der Waals surface area contributed by atoms with E-state index in [1.54, 1.807) is 19.1 Å². The normalized spacial score (nSPS) is 11.3. The topological polar surface area (TPSA) is 92.2 Å². The molecule has 0 aliphatic heterocycles. The number of thiophene rings is 1. The largest absolute Gasteiger partial charge is 0.503 e. The molecule has 8 heteroatoms. The zero-order valence-corrected chi connectivity index (χ0v) is 14.6. The van der Waals surface area contributed by atoms with Crippen molar-refractivity contribution in [2.24, 2.45) is 0 Å². The maximum absolute atomic E-state index is 9.89. The van der Waals surface area contributed by atoms with Crippen LogP contribution >= 0.6 is 22.9 Å². The van der Waals surface area contributed by atoms with Gasteiger partial charge < -0.3 is 14.4 Å². The van der Waals surface area contributed by atoms with Gasteiger partial charge in [-0.25, -0.2) is 0 Å². The number of nitrogens with zero attached hydrogens (tertiary/aromatic N) is 3. The number of allylic oxidation sites excluding steroid dienone is 1. The van der Waals surface area contributed by atoms with Gasteiger partial charge in [0.15, 0.2) is 11.5 Å². The van der Waals surface area contributed by atoms with E-state index >= 15 is 0 Å². The molecule has 0 aliphatic carbocycles. The second kappa shape index (κ2) is 7.38. The van der Waals surface area contributed by atoms with Crippen LogP contribution in [0.3, 0.4) is 0 Å². The second-order valence-electron chi connectivity index (χ2n) is 4.85. The summed E-state index contributed by atoms with van der Waals surface area (Å²) in [6.45, 7) is 2.16. The predicted octanol–water partition coefficient (Wildman–Crippen LogP) is 4.62. The summed E-state index contributed by atoms with van der Waals surface area (Å²) in [5.74, 6) is 0.623. The standard InChI is InChI=1S/C17H12ClN3O3S/c1-2-23-13-8-10(7-12(18)15(13)22)6-11(9-19)17-20-16(21-24-17)14-4-3-5-25-14/h3-8,22H,2H2,1H3/b11-6+. The lowest BCUT2D eigenvalue weighted by Crippen LogP contribution is -1.93. The number of aromatic hydroxyl groups is 1. The van der Waals surface area contributed by atoms with Gasteiger partial charge in [-0.3, -0.25) is 0 Å². The van der Waals surface area contributed by atoms with E-state index < -0.39 is 0 Å². The summed E-state index contributed by atoms with van der Waals surface area (Å²) in [4.78, 5) is 5.09. The zero-order chi connectivity index (χ0) is 17.8. The van der Waals surface area contributed by atoms with Crippen LogP contribution in [-0.4, -0.2) is 21.9 Å². The van der Waals surface area contributed by atoms with Crippen LogP contribution in [-0.2, 0) is 0 Å². The Morgan fingerprint density at radius 2 is 2.36 bits per heavy atom. The molecule has 0 aliphatic rings. The highest BCUT2D eigenvalue weighted by Gasteiger charge is 2.15. The lowest BCUT2D eigenvalue weighted by Gasteiger charge is -2.08. The van der Waals surface area contributed by atoms with E-state index in [1.165, 1.54) is 17.4 Å². The van der Waals surface area contributed by atoms with E-state index in [0.717, 1.165) is 4.88 Å². The second-order valence-corrected chi connectivity index (χ2v) is 6.21. The van der Waals surface area contributed by atoms with Crippen LogP contribution in [0.5, 0.6) is 11.5 Å². The molecule has 2 aromatic heterocycles. The number of halogens is 1.